The third-order valence-electron chi connectivity index (χ3n) is 4.28. The normalized spacial score (nSPS) is 15.1. The maximum atomic E-state index is 10.8. The van der Waals surface area contributed by atoms with E-state index >= 15 is 0 Å². The van der Waals surface area contributed by atoms with E-state index in [1.165, 1.54) is 34.0 Å². The molecule has 14 nitrogen and oxygen atoms in total. The van der Waals surface area contributed by atoms with E-state index in [4.69, 9.17) is 0 Å². The van der Waals surface area contributed by atoms with E-state index in [0.29, 0.717) is 37.8 Å². The number of rotatable bonds is 6. The molecule has 3 heterocycles. The first-order valence-electron chi connectivity index (χ1n) is 8.27. The van der Waals surface area contributed by atoms with Crippen molar-refractivity contribution in [3.8, 4) is 0 Å². The SMILES string of the molecule is Cn1c([N+](=O)[O-])cnc1/C=N\N1CCN(/N=C\c2ncc([N+](=O)[O-])n2C)CC1. The highest BCUT2D eigenvalue weighted by molar-refractivity contribution is 5.75. The predicted molar refractivity (Wildman–Crippen MR) is 98.1 cm³/mol. The molecule has 0 N–H and O–H groups in total. The fraction of sp³-hybridized carbons (Fsp3) is 0.429. The summed E-state index contributed by atoms with van der Waals surface area (Å²) in [6.45, 7) is 2.39. The number of piperazine rings is 1. The number of aromatic nitrogens is 4. The molecule has 1 saturated heterocycles. The Hall–Kier alpha value is -3.84. The van der Waals surface area contributed by atoms with E-state index < -0.39 is 9.85 Å². The first kappa shape index (κ1) is 18.9. The first-order chi connectivity index (χ1) is 13.4. The van der Waals surface area contributed by atoms with Gasteiger partial charge in [0, 0.05) is 0 Å². The van der Waals surface area contributed by atoms with E-state index in [1.54, 1.807) is 14.1 Å². The van der Waals surface area contributed by atoms with Crippen LogP contribution in [0.25, 0.3) is 0 Å². The summed E-state index contributed by atoms with van der Waals surface area (Å²) in [5.74, 6) is 0.581. The second-order valence-electron chi connectivity index (χ2n) is 5.98. The minimum atomic E-state index is -0.503. The van der Waals surface area contributed by atoms with Crippen molar-refractivity contribution in [2.24, 2.45) is 24.3 Å². The highest BCUT2D eigenvalue weighted by Crippen LogP contribution is 2.12. The van der Waals surface area contributed by atoms with Gasteiger partial charge in [0.25, 0.3) is 0 Å². The van der Waals surface area contributed by atoms with Crippen LogP contribution >= 0.6 is 0 Å². The third-order valence-corrected chi connectivity index (χ3v) is 4.28. The zero-order valence-electron chi connectivity index (χ0n) is 15.2. The molecule has 0 radical (unpaired) electrons. The average molecular weight is 390 g/mol. The average Bonchev–Trinajstić information content (AvgIpc) is 3.22. The molecule has 148 valence electrons. The Balaban J connectivity index is 1.55. The number of nitrogens with zero attached hydrogens (tertiary/aromatic N) is 10. The van der Waals surface area contributed by atoms with Crippen molar-refractivity contribution in [1.29, 1.82) is 0 Å². The van der Waals surface area contributed by atoms with E-state index in [-0.39, 0.29) is 11.6 Å². The Morgan fingerprint density at radius 3 is 1.50 bits per heavy atom. The van der Waals surface area contributed by atoms with Gasteiger partial charge in [-0.25, -0.2) is 19.1 Å². The van der Waals surface area contributed by atoms with Gasteiger partial charge in [-0.3, -0.25) is 10.0 Å². The number of nitro groups is 2. The second-order valence-corrected chi connectivity index (χ2v) is 5.98. The van der Waals surface area contributed by atoms with Crippen LogP contribution in [0.5, 0.6) is 0 Å². The molecule has 0 aliphatic carbocycles. The van der Waals surface area contributed by atoms with Gasteiger partial charge < -0.3 is 20.2 Å². The van der Waals surface area contributed by atoms with Crippen molar-refractivity contribution in [3.05, 3.63) is 44.3 Å². The summed E-state index contributed by atoms with van der Waals surface area (Å²) in [4.78, 5) is 28.6. The molecule has 2 aromatic rings. The van der Waals surface area contributed by atoms with Crippen LogP contribution in [0.3, 0.4) is 0 Å². The first-order valence-corrected chi connectivity index (χ1v) is 8.27. The van der Waals surface area contributed by atoms with Crippen LogP contribution in [-0.4, -0.2) is 77.6 Å². The van der Waals surface area contributed by atoms with Gasteiger partial charge >= 0.3 is 11.6 Å². The highest BCUT2D eigenvalue weighted by atomic mass is 16.6. The summed E-state index contributed by atoms with van der Waals surface area (Å²) < 4.78 is 2.71. The maximum Gasteiger partial charge on any atom is 0.342 e. The van der Waals surface area contributed by atoms with Gasteiger partial charge in [0.05, 0.1) is 40.3 Å². The van der Waals surface area contributed by atoms with Crippen LogP contribution in [-0.2, 0) is 14.1 Å². The Kier molecular flexibility index (Phi) is 5.28. The van der Waals surface area contributed by atoms with E-state index in [9.17, 15) is 20.2 Å². The third kappa shape index (κ3) is 3.94. The minimum absolute atomic E-state index is 0.102. The van der Waals surface area contributed by atoms with Crippen LogP contribution in [0.4, 0.5) is 11.6 Å². The van der Waals surface area contributed by atoms with E-state index in [1.807, 2.05) is 10.0 Å². The van der Waals surface area contributed by atoms with Crippen molar-refractivity contribution >= 4 is 24.1 Å². The minimum Gasteiger partial charge on any atom is -0.358 e. The van der Waals surface area contributed by atoms with Crippen LogP contribution < -0.4 is 0 Å². The zero-order valence-corrected chi connectivity index (χ0v) is 15.2. The molecule has 0 bridgehead atoms. The lowest BCUT2D eigenvalue weighted by atomic mass is 10.4. The van der Waals surface area contributed by atoms with Crippen LogP contribution in [0, 0.1) is 20.2 Å². The van der Waals surface area contributed by atoms with Crippen molar-refractivity contribution in [2.45, 2.75) is 0 Å². The largest absolute Gasteiger partial charge is 0.358 e. The van der Waals surface area contributed by atoms with Gasteiger partial charge in [-0.15, -0.1) is 0 Å². The van der Waals surface area contributed by atoms with Crippen LogP contribution in [0.2, 0.25) is 0 Å². The standard InChI is InChI=1S/C14H18N10O4/c1-19-11(15-9-13(19)23(25)26)7-17-21-3-5-22(6-4-21)18-8-12-16-10-14(20(12)2)24(27)28/h7-10H,3-6H2,1-2H3/b17-7-,18-8-. The zero-order chi connectivity index (χ0) is 20.3. The predicted octanol–water partition coefficient (Wildman–Crippen LogP) is -0.0444. The Morgan fingerprint density at radius 2 is 1.21 bits per heavy atom. The van der Waals surface area contributed by atoms with Gasteiger partial charge in [0.1, 0.15) is 24.8 Å². The lowest BCUT2D eigenvalue weighted by Crippen LogP contribution is -2.41. The molecule has 0 aromatic carbocycles. The summed E-state index contributed by atoms with van der Waals surface area (Å²) in [5.41, 5.74) is 0. The summed E-state index contributed by atoms with van der Waals surface area (Å²) in [7, 11) is 3.11. The Morgan fingerprint density at radius 1 is 0.857 bits per heavy atom. The van der Waals surface area contributed by atoms with Crippen LogP contribution in [0.15, 0.2) is 22.6 Å². The van der Waals surface area contributed by atoms with Crippen molar-refractivity contribution in [1.82, 2.24) is 29.1 Å². The molecule has 28 heavy (non-hydrogen) atoms. The molecule has 0 unspecified atom stereocenters. The molecule has 1 fully saturated rings. The smallest absolute Gasteiger partial charge is 0.342 e. The molecule has 1 aliphatic rings. The quantitative estimate of drug-likeness (QED) is 0.378. The van der Waals surface area contributed by atoms with Crippen LogP contribution in [0.1, 0.15) is 11.6 Å². The number of hydrogen-bond donors (Lipinski definition) is 0. The highest BCUT2D eigenvalue weighted by Gasteiger charge is 2.18. The summed E-state index contributed by atoms with van der Waals surface area (Å²) in [5, 5.41) is 33.9. The fourth-order valence-corrected chi connectivity index (χ4v) is 2.59. The molecule has 1 aliphatic heterocycles. The van der Waals surface area contributed by atoms with Crippen molar-refractivity contribution < 1.29 is 9.85 Å². The molecule has 0 saturated carbocycles. The maximum absolute atomic E-state index is 10.8. The van der Waals surface area contributed by atoms with Gasteiger partial charge in [-0.2, -0.15) is 10.2 Å². The molecular weight excluding hydrogens is 372 g/mol. The summed E-state index contributed by atoms with van der Waals surface area (Å²) in [6.07, 6.45) is 5.35. The van der Waals surface area contributed by atoms with Crippen molar-refractivity contribution in [2.75, 3.05) is 26.2 Å². The van der Waals surface area contributed by atoms with Gasteiger partial charge in [-0.1, -0.05) is 0 Å². The molecule has 0 atom stereocenters. The number of hydrogen-bond acceptors (Lipinski definition) is 10. The molecule has 0 spiro atoms. The van der Waals surface area contributed by atoms with Gasteiger partial charge in [-0.05, 0) is 9.85 Å². The second kappa shape index (κ2) is 7.81. The summed E-state index contributed by atoms with van der Waals surface area (Å²) in [6, 6.07) is 0. The van der Waals surface area contributed by atoms with Gasteiger partial charge in [0.15, 0.2) is 0 Å². The lowest BCUT2D eigenvalue weighted by Gasteiger charge is -2.30. The molecule has 3 rings (SSSR count). The number of hydrazone groups is 2. The van der Waals surface area contributed by atoms with Crippen molar-refractivity contribution in [3.63, 3.8) is 0 Å². The topological polar surface area (TPSA) is 153 Å². The lowest BCUT2D eigenvalue weighted by molar-refractivity contribution is -0.391. The molecule has 14 heteroatoms. The van der Waals surface area contributed by atoms with E-state index in [0.717, 1.165) is 0 Å². The summed E-state index contributed by atoms with van der Waals surface area (Å²) >= 11 is 0. The molecular formula is C14H18N10O4. The monoisotopic (exact) mass is 390 g/mol. The molecule has 0 amide bonds. The Labute approximate surface area is 158 Å². The Bertz CT molecular complexity index is 862. The molecule has 2 aromatic heterocycles. The number of imidazole rings is 2. The van der Waals surface area contributed by atoms with E-state index in [2.05, 4.69) is 20.2 Å². The fourth-order valence-electron chi connectivity index (χ4n) is 2.59. The van der Waals surface area contributed by atoms with Gasteiger partial charge in [0.2, 0.25) is 11.6 Å².